The van der Waals surface area contributed by atoms with E-state index in [1.807, 2.05) is 12.1 Å². The predicted molar refractivity (Wildman–Crippen MR) is 96.2 cm³/mol. The molecule has 1 aliphatic heterocycles. The highest BCUT2D eigenvalue weighted by atomic mass is 16.3. The Morgan fingerprint density at radius 3 is 2.76 bits per heavy atom. The second-order valence-electron chi connectivity index (χ2n) is 6.53. The molecule has 1 atom stereocenters. The molecular formula is C20H19N3O2. The lowest BCUT2D eigenvalue weighted by atomic mass is 9.87. The van der Waals surface area contributed by atoms with Crippen LogP contribution in [0, 0.1) is 13.8 Å². The Labute approximate surface area is 145 Å². The number of aryl methyl sites for hydroxylation is 2. The molecular weight excluding hydrogens is 314 g/mol. The number of phenols is 1. The fraction of sp³-hybridized carbons (Fsp3) is 0.200. The Morgan fingerprint density at radius 1 is 1.16 bits per heavy atom. The number of phenolic OH excluding ortho intramolecular Hbond substituents is 1. The van der Waals surface area contributed by atoms with Crippen molar-refractivity contribution in [1.29, 1.82) is 0 Å². The standard InChI is InChI=1S/C20H19N3O2/c1-12-6-7-15(8-13(12)2)23-20-18(11-21-23)17(10-19(25)22-20)14-4-3-5-16(24)9-14/h3-9,11,17,24H,10H2,1-2H3,(H,22,25). The lowest BCUT2D eigenvalue weighted by molar-refractivity contribution is -0.116. The first-order valence-corrected chi connectivity index (χ1v) is 8.27. The van der Waals surface area contributed by atoms with E-state index in [-0.39, 0.29) is 17.6 Å². The highest BCUT2D eigenvalue weighted by Crippen LogP contribution is 2.38. The van der Waals surface area contributed by atoms with Crippen molar-refractivity contribution < 1.29 is 9.90 Å². The van der Waals surface area contributed by atoms with Crippen LogP contribution in [0.1, 0.15) is 34.6 Å². The normalized spacial score (nSPS) is 16.4. The molecule has 0 saturated heterocycles. The van der Waals surface area contributed by atoms with Gasteiger partial charge in [-0.15, -0.1) is 0 Å². The van der Waals surface area contributed by atoms with E-state index in [4.69, 9.17) is 0 Å². The van der Waals surface area contributed by atoms with Crippen LogP contribution in [0.5, 0.6) is 5.75 Å². The Morgan fingerprint density at radius 2 is 2.00 bits per heavy atom. The van der Waals surface area contributed by atoms with E-state index >= 15 is 0 Å². The maximum atomic E-state index is 12.3. The van der Waals surface area contributed by atoms with Gasteiger partial charge in [-0.05, 0) is 54.8 Å². The molecule has 1 unspecified atom stereocenters. The van der Waals surface area contributed by atoms with Crippen LogP contribution < -0.4 is 5.32 Å². The van der Waals surface area contributed by atoms with Gasteiger partial charge >= 0.3 is 0 Å². The van der Waals surface area contributed by atoms with Crippen molar-refractivity contribution in [1.82, 2.24) is 9.78 Å². The molecule has 0 radical (unpaired) electrons. The van der Waals surface area contributed by atoms with Gasteiger partial charge in [0.05, 0.1) is 11.9 Å². The molecule has 0 aliphatic carbocycles. The molecule has 5 heteroatoms. The molecule has 1 amide bonds. The molecule has 0 bridgehead atoms. The van der Waals surface area contributed by atoms with Crippen LogP contribution in [-0.2, 0) is 4.79 Å². The smallest absolute Gasteiger partial charge is 0.226 e. The van der Waals surface area contributed by atoms with Crippen LogP contribution in [0.4, 0.5) is 5.82 Å². The molecule has 5 nitrogen and oxygen atoms in total. The summed E-state index contributed by atoms with van der Waals surface area (Å²) in [5.74, 6) is 0.738. The zero-order valence-corrected chi connectivity index (χ0v) is 14.2. The topological polar surface area (TPSA) is 67.2 Å². The number of rotatable bonds is 2. The quantitative estimate of drug-likeness (QED) is 0.752. The number of hydrogen-bond acceptors (Lipinski definition) is 3. The van der Waals surface area contributed by atoms with Gasteiger partial charge in [-0.3, -0.25) is 4.79 Å². The molecule has 3 aromatic rings. The highest BCUT2D eigenvalue weighted by Gasteiger charge is 2.30. The van der Waals surface area contributed by atoms with Crippen molar-refractivity contribution in [2.24, 2.45) is 0 Å². The summed E-state index contributed by atoms with van der Waals surface area (Å²) < 4.78 is 1.77. The van der Waals surface area contributed by atoms with Crippen LogP contribution in [0.15, 0.2) is 48.7 Å². The first-order valence-electron chi connectivity index (χ1n) is 8.27. The van der Waals surface area contributed by atoms with E-state index in [0.717, 1.165) is 16.8 Å². The molecule has 1 aromatic heterocycles. The first-order chi connectivity index (χ1) is 12.0. The van der Waals surface area contributed by atoms with Gasteiger partial charge < -0.3 is 10.4 Å². The Balaban J connectivity index is 1.82. The van der Waals surface area contributed by atoms with Crippen LogP contribution in [-0.4, -0.2) is 20.8 Å². The van der Waals surface area contributed by atoms with Crippen molar-refractivity contribution >= 4 is 11.7 Å². The lowest BCUT2D eigenvalue weighted by Gasteiger charge is -2.24. The molecule has 0 fully saturated rings. The maximum absolute atomic E-state index is 12.3. The molecule has 0 spiro atoms. The second-order valence-corrected chi connectivity index (χ2v) is 6.53. The monoisotopic (exact) mass is 333 g/mol. The zero-order valence-electron chi connectivity index (χ0n) is 14.2. The summed E-state index contributed by atoms with van der Waals surface area (Å²) in [6, 6.07) is 13.2. The minimum absolute atomic E-state index is 0.0496. The molecule has 2 heterocycles. The fourth-order valence-corrected chi connectivity index (χ4v) is 3.31. The van der Waals surface area contributed by atoms with Crippen molar-refractivity contribution in [3.05, 3.63) is 70.9 Å². The average molecular weight is 333 g/mol. The number of carbonyl (C=O) groups is 1. The zero-order chi connectivity index (χ0) is 17.6. The van der Waals surface area contributed by atoms with Gasteiger partial charge in [0.1, 0.15) is 11.6 Å². The number of fused-ring (bicyclic) bond motifs is 1. The highest BCUT2D eigenvalue weighted by molar-refractivity contribution is 5.94. The van der Waals surface area contributed by atoms with Gasteiger partial charge in [0.2, 0.25) is 5.91 Å². The SMILES string of the molecule is Cc1ccc(-n2ncc3c2NC(=O)CC3c2cccc(O)c2)cc1C. The minimum Gasteiger partial charge on any atom is -0.508 e. The van der Waals surface area contributed by atoms with Crippen molar-refractivity contribution in [3.8, 4) is 11.4 Å². The summed E-state index contributed by atoms with van der Waals surface area (Å²) in [5.41, 5.74) is 5.18. The predicted octanol–water partition coefficient (Wildman–Crippen LogP) is 3.67. The van der Waals surface area contributed by atoms with Crippen LogP contribution >= 0.6 is 0 Å². The number of hydrogen-bond donors (Lipinski definition) is 2. The van der Waals surface area contributed by atoms with E-state index in [2.05, 4.69) is 36.4 Å². The van der Waals surface area contributed by atoms with E-state index in [0.29, 0.717) is 12.2 Å². The number of nitrogens with zero attached hydrogens (tertiary/aromatic N) is 2. The largest absolute Gasteiger partial charge is 0.508 e. The summed E-state index contributed by atoms with van der Waals surface area (Å²) in [4.78, 5) is 12.3. The number of benzene rings is 2. The van der Waals surface area contributed by atoms with Crippen LogP contribution in [0.3, 0.4) is 0 Å². The molecule has 1 aliphatic rings. The summed E-state index contributed by atoms with van der Waals surface area (Å²) in [6.07, 6.45) is 2.15. The Bertz CT molecular complexity index is 975. The number of anilines is 1. The number of nitrogens with one attached hydrogen (secondary N) is 1. The summed E-state index contributed by atoms with van der Waals surface area (Å²) >= 11 is 0. The molecule has 126 valence electrons. The summed E-state index contributed by atoms with van der Waals surface area (Å²) in [5, 5.41) is 17.2. The summed E-state index contributed by atoms with van der Waals surface area (Å²) in [7, 11) is 0. The third kappa shape index (κ3) is 2.67. The van der Waals surface area contributed by atoms with Crippen molar-refractivity contribution in [2.45, 2.75) is 26.2 Å². The van der Waals surface area contributed by atoms with Gasteiger partial charge in [-0.1, -0.05) is 18.2 Å². The lowest BCUT2D eigenvalue weighted by Crippen LogP contribution is -2.24. The molecule has 4 rings (SSSR count). The first kappa shape index (κ1) is 15.4. The minimum atomic E-state index is -0.115. The Hall–Kier alpha value is -3.08. The van der Waals surface area contributed by atoms with Gasteiger partial charge in [0, 0.05) is 17.9 Å². The van der Waals surface area contributed by atoms with E-state index < -0.39 is 0 Å². The van der Waals surface area contributed by atoms with Gasteiger partial charge in [-0.25, -0.2) is 4.68 Å². The number of carbonyl (C=O) groups excluding carboxylic acids is 1. The molecule has 0 saturated carbocycles. The van der Waals surface area contributed by atoms with Gasteiger partial charge in [0.15, 0.2) is 0 Å². The fourth-order valence-electron chi connectivity index (χ4n) is 3.31. The van der Waals surface area contributed by atoms with Gasteiger partial charge in [-0.2, -0.15) is 5.10 Å². The third-order valence-corrected chi connectivity index (χ3v) is 4.83. The molecule has 2 aromatic carbocycles. The third-order valence-electron chi connectivity index (χ3n) is 4.83. The molecule has 25 heavy (non-hydrogen) atoms. The van der Waals surface area contributed by atoms with E-state index in [1.54, 1.807) is 29.1 Å². The van der Waals surface area contributed by atoms with Crippen molar-refractivity contribution in [2.75, 3.05) is 5.32 Å². The summed E-state index contributed by atoms with van der Waals surface area (Å²) in [6.45, 7) is 4.13. The van der Waals surface area contributed by atoms with Crippen LogP contribution in [0.25, 0.3) is 5.69 Å². The number of aromatic nitrogens is 2. The van der Waals surface area contributed by atoms with E-state index in [1.165, 1.54) is 11.1 Å². The van der Waals surface area contributed by atoms with E-state index in [9.17, 15) is 9.90 Å². The van der Waals surface area contributed by atoms with Crippen LogP contribution in [0.2, 0.25) is 0 Å². The number of aromatic hydroxyl groups is 1. The average Bonchev–Trinajstić information content (AvgIpc) is 3.00. The second kappa shape index (κ2) is 5.77. The van der Waals surface area contributed by atoms with Gasteiger partial charge in [0.25, 0.3) is 0 Å². The number of amides is 1. The molecule has 2 N–H and O–H groups in total. The Kier molecular flexibility index (Phi) is 3.57. The van der Waals surface area contributed by atoms with Crippen molar-refractivity contribution in [3.63, 3.8) is 0 Å². The maximum Gasteiger partial charge on any atom is 0.226 e.